The fraction of sp³-hybridized carbons (Fsp3) is 0.846. The third-order valence-electron chi connectivity index (χ3n) is 4.45. The molecule has 106 valence electrons. The van der Waals surface area contributed by atoms with Gasteiger partial charge >= 0.3 is 5.97 Å². The van der Waals surface area contributed by atoms with Crippen LogP contribution in [0.5, 0.6) is 0 Å². The molecule has 1 aromatic rings. The Labute approximate surface area is 113 Å². The average molecular weight is 266 g/mol. The van der Waals surface area contributed by atoms with Gasteiger partial charge in [0.2, 0.25) is 0 Å². The molecule has 0 spiro atoms. The van der Waals surface area contributed by atoms with Crippen molar-refractivity contribution < 1.29 is 9.90 Å². The Morgan fingerprint density at radius 1 is 1.37 bits per heavy atom. The molecule has 0 aliphatic heterocycles. The van der Waals surface area contributed by atoms with E-state index in [1.807, 2.05) is 13.8 Å². The molecule has 6 nitrogen and oxygen atoms in total. The molecule has 1 aromatic heterocycles. The first kappa shape index (κ1) is 14.0. The molecule has 1 aliphatic carbocycles. The van der Waals surface area contributed by atoms with Gasteiger partial charge in [-0.1, -0.05) is 39.5 Å². The zero-order valence-corrected chi connectivity index (χ0v) is 11.7. The number of aliphatic carboxylic acids is 1. The van der Waals surface area contributed by atoms with Crippen LogP contribution in [-0.2, 0) is 16.8 Å². The minimum atomic E-state index is -1.00. The van der Waals surface area contributed by atoms with E-state index in [1.54, 1.807) is 4.68 Å². The third-order valence-corrected chi connectivity index (χ3v) is 4.45. The van der Waals surface area contributed by atoms with Crippen LogP contribution in [0.1, 0.15) is 58.2 Å². The van der Waals surface area contributed by atoms with E-state index in [-0.39, 0.29) is 0 Å². The average Bonchev–Trinajstić information content (AvgIpc) is 3.04. The maximum absolute atomic E-state index is 11.7. The summed E-state index contributed by atoms with van der Waals surface area (Å²) in [5, 5.41) is 21.3. The Bertz CT molecular complexity index is 434. The van der Waals surface area contributed by atoms with Gasteiger partial charge in [-0.15, -0.1) is 5.10 Å². The molecule has 0 radical (unpaired) electrons. The second-order valence-corrected chi connectivity index (χ2v) is 5.41. The lowest BCUT2D eigenvalue weighted by Crippen LogP contribution is -2.43. The van der Waals surface area contributed by atoms with Gasteiger partial charge in [-0.2, -0.15) is 0 Å². The minimum Gasteiger partial charge on any atom is -0.479 e. The monoisotopic (exact) mass is 266 g/mol. The van der Waals surface area contributed by atoms with Crippen molar-refractivity contribution >= 4 is 5.97 Å². The maximum atomic E-state index is 11.7. The zero-order valence-electron chi connectivity index (χ0n) is 11.7. The first-order valence-corrected chi connectivity index (χ1v) is 7.15. The van der Waals surface area contributed by atoms with Gasteiger partial charge < -0.3 is 5.11 Å². The Hall–Kier alpha value is -1.46. The fourth-order valence-corrected chi connectivity index (χ4v) is 3.08. The summed E-state index contributed by atoms with van der Waals surface area (Å²) in [6.45, 7) is 3.75. The Morgan fingerprint density at radius 2 is 2.00 bits per heavy atom. The van der Waals surface area contributed by atoms with Gasteiger partial charge in [0.25, 0.3) is 0 Å². The van der Waals surface area contributed by atoms with Crippen molar-refractivity contribution in [2.75, 3.05) is 0 Å². The van der Waals surface area contributed by atoms with Crippen LogP contribution in [0, 0.1) is 5.92 Å². The van der Waals surface area contributed by atoms with Crippen LogP contribution in [0.25, 0.3) is 0 Å². The van der Waals surface area contributed by atoms with Gasteiger partial charge in [-0.05, 0) is 29.2 Å². The topological polar surface area (TPSA) is 80.9 Å². The summed E-state index contributed by atoms with van der Waals surface area (Å²) in [6.07, 6.45) is 6.69. The maximum Gasteiger partial charge on any atom is 0.331 e. The standard InChI is InChI=1S/C13H22N4O2/c1-3-13(4-2,12(18)19)17-11(14-15-16-17)9-10-7-5-6-8-10/h10H,3-9H2,1-2H3,(H,18,19). The quantitative estimate of drug-likeness (QED) is 0.851. The SMILES string of the molecule is CCC(CC)(C(=O)O)n1nnnc1CC1CCCC1. The predicted molar refractivity (Wildman–Crippen MR) is 69.7 cm³/mol. The molecule has 1 heterocycles. The first-order valence-electron chi connectivity index (χ1n) is 7.15. The van der Waals surface area contributed by atoms with Crippen molar-refractivity contribution in [2.45, 2.75) is 64.3 Å². The Balaban J connectivity index is 2.28. The van der Waals surface area contributed by atoms with Crippen LogP contribution < -0.4 is 0 Å². The molecule has 1 N–H and O–H groups in total. The van der Waals surface area contributed by atoms with Gasteiger partial charge in [-0.3, -0.25) is 0 Å². The summed E-state index contributed by atoms with van der Waals surface area (Å²) in [6, 6.07) is 0. The summed E-state index contributed by atoms with van der Waals surface area (Å²) >= 11 is 0. The highest BCUT2D eigenvalue weighted by Gasteiger charge is 2.40. The Kier molecular flexibility index (Phi) is 4.17. The van der Waals surface area contributed by atoms with Gasteiger partial charge in [-0.25, -0.2) is 9.48 Å². The van der Waals surface area contributed by atoms with Crippen LogP contribution in [-0.4, -0.2) is 31.3 Å². The molecular formula is C13H22N4O2. The number of carbonyl (C=O) groups is 1. The van der Waals surface area contributed by atoms with Gasteiger partial charge in [0, 0.05) is 6.42 Å². The molecule has 0 bridgehead atoms. The van der Waals surface area contributed by atoms with Crippen molar-refractivity contribution in [1.29, 1.82) is 0 Å². The normalized spacial score (nSPS) is 16.9. The second kappa shape index (κ2) is 5.67. The second-order valence-electron chi connectivity index (χ2n) is 5.41. The number of hydrogen-bond donors (Lipinski definition) is 1. The predicted octanol–water partition coefficient (Wildman–Crippen LogP) is 2.01. The van der Waals surface area contributed by atoms with E-state index in [1.165, 1.54) is 25.7 Å². The van der Waals surface area contributed by atoms with E-state index < -0.39 is 11.5 Å². The number of carboxylic acid groups (broad SMARTS) is 1. The number of rotatable bonds is 6. The summed E-state index contributed by atoms with van der Waals surface area (Å²) < 4.78 is 1.55. The van der Waals surface area contributed by atoms with E-state index in [0.29, 0.717) is 18.8 Å². The van der Waals surface area contributed by atoms with Crippen LogP contribution in [0.15, 0.2) is 0 Å². The number of tetrazole rings is 1. The molecule has 1 saturated carbocycles. The smallest absolute Gasteiger partial charge is 0.331 e. The van der Waals surface area contributed by atoms with Crippen LogP contribution >= 0.6 is 0 Å². The van der Waals surface area contributed by atoms with Crippen molar-refractivity contribution in [3.05, 3.63) is 5.82 Å². The zero-order chi connectivity index (χ0) is 13.9. The summed E-state index contributed by atoms with van der Waals surface area (Å²) in [4.78, 5) is 11.7. The van der Waals surface area contributed by atoms with Crippen LogP contribution in [0.3, 0.4) is 0 Å². The van der Waals surface area contributed by atoms with E-state index in [0.717, 1.165) is 12.2 Å². The molecule has 0 atom stereocenters. The third kappa shape index (κ3) is 2.48. The van der Waals surface area contributed by atoms with Crippen molar-refractivity contribution in [2.24, 2.45) is 5.92 Å². The minimum absolute atomic E-state index is 0.488. The van der Waals surface area contributed by atoms with Gasteiger partial charge in [0.15, 0.2) is 11.4 Å². The molecule has 0 amide bonds. The van der Waals surface area contributed by atoms with E-state index >= 15 is 0 Å². The van der Waals surface area contributed by atoms with Crippen LogP contribution in [0.2, 0.25) is 0 Å². The molecule has 0 unspecified atom stereocenters. The fourth-order valence-electron chi connectivity index (χ4n) is 3.08. The molecule has 0 saturated heterocycles. The molecule has 1 fully saturated rings. The Morgan fingerprint density at radius 3 is 2.53 bits per heavy atom. The van der Waals surface area contributed by atoms with Crippen molar-refractivity contribution in [1.82, 2.24) is 20.2 Å². The molecule has 19 heavy (non-hydrogen) atoms. The lowest BCUT2D eigenvalue weighted by atomic mass is 9.92. The number of nitrogens with zero attached hydrogens (tertiary/aromatic N) is 4. The number of hydrogen-bond acceptors (Lipinski definition) is 4. The molecule has 6 heteroatoms. The van der Waals surface area contributed by atoms with Crippen molar-refractivity contribution in [3.63, 3.8) is 0 Å². The summed E-state index contributed by atoms with van der Waals surface area (Å²) in [7, 11) is 0. The van der Waals surface area contributed by atoms with E-state index in [4.69, 9.17) is 0 Å². The summed E-state index contributed by atoms with van der Waals surface area (Å²) in [5.74, 6) is 0.473. The van der Waals surface area contributed by atoms with Gasteiger partial charge in [0.05, 0.1) is 0 Å². The molecule has 0 aromatic carbocycles. The molecular weight excluding hydrogens is 244 g/mol. The van der Waals surface area contributed by atoms with Crippen molar-refractivity contribution in [3.8, 4) is 0 Å². The lowest BCUT2D eigenvalue weighted by molar-refractivity contribution is -0.148. The van der Waals surface area contributed by atoms with E-state index in [2.05, 4.69) is 15.5 Å². The van der Waals surface area contributed by atoms with E-state index in [9.17, 15) is 9.90 Å². The number of carboxylic acids is 1. The number of aromatic nitrogens is 4. The molecule has 2 rings (SSSR count). The van der Waals surface area contributed by atoms with Crippen LogP contribution in [0.4, 0.5) is 0 Å². The summed E-state index contributed by atoms with van der Waals surface area (Å²) in [5.41, 5.74) is -1.00. The highest BCUT2D eigenvalue weighted by Crippen LogP contribution is 2.30. The largest absolute Gasteiger partial charge is 0.479 e. The molecule has 1 aliphatic rings. The van der Waals surface area contributed by atoms with Gasteiger partial charge in [0.1, 0.15) is 0 Å². The highest BCUT2D eigenvalue weighted by molar-refractivity contribution is 5.76. The first-order chi connectivity index (χ1) is 9.14. The lowest BCUT2D eigenvalue weighted by Gasteiger charge is -2.27. The highest BCUT2D eigenvalue weighted by atomic mass is 16.4.